The van der Waals surface area contributed by atoms with Crippen LogP contribution in [0.1, 0.15) is 39.8 Å². The number of rotatable bonds is 3. The highest BCUT2D eigenvalue weighted by Crippen LogP contribution is 2.32. The van der Waals surface area contributed by atoms with Crippen molar-refractivity contribution in [2.24, 2.45) is 5.92 Å². The van der Waals surface area contributed by atoms with Crippen molar-refractivity contribution in [1.82, 2.24) is 14.7 Å². The molecule has 1 aliphatic rings. The summed E-state index contributed by atoms with van der Waals surface area (Å²) >= 11 is 1.73. The fourth-order valence-corrected chi connectivity index (χ4v) is 4.45. The number of carbonyl (C=O) groups excluding carboxylic acids is 1. The molecule has 0 unspecified atom stereocenters. The first-order valence-corrected chi connectivity index (χ1v) is 8.88. The van der Waals surface area contributed by atoms with Crippen molar-refractivity contribution in [1.29, 1.82) is 0 Å². The summed E-state index contributed by atoms with van der Waals surface area (Å²) in [7, 11) is 0. The van der Waals surface area contributed by atoms with Gasteiger partial charge in [0, 0.05) is 22.7 Å². The van der Waals surface area contributed by atoms with E-state index in [1.165, 1.54) is 16.9 Å². The van der Waals surface area contributed by atoms with Crippen LogP contribution < -0.4 is 5.32 Å². The van der Waals surface area contributed by atoms with Gasteiger partial charge in [0.2, 0.25) is 0 Å². The van der Waals surface area contributed by atoms with Crippen LogP contribution in [0.3, 0.4) is 0 Å². The van der Waals surface area contributed by atoms with Crippen LogP contribution >= 0.6 is 11.3 Å². The lowest BCUT2D eigenvalue weighted by Gasteiger charge is -2.18. The van der Waals surface area contributed by atoms with Crippen LogP contribution in [0.25, 0.3) is 5.65 Å². The van der Waals surface area contributed by atoms with Crippen LogP contribution in [-0.4, -0.2) is 15.3 Å². The third-order valence-corrected chi connectivity index (χ3v) is 5.54. The Balaban J connectivity index is 1.48. The zero-order valence-electron chi connectivity index (χ0n) is 13.1. The molecule has 3 heterocycles. The summed E-state index contributed by atoms with van der Waals surface area (Å²) in [4.78, 5) is 18.4. The van der Waals surface area contributed by atoms with E-state index >= 15 is 0 Å². The van der Waals surface area contributed by atoms with Gasteiger partial charge >= 0.3 is 0 Å². The van der Waals surface area contributed by atoms with E-state index in [1.807, 2.05) is 40.4 Å². The average Bonchev–Trinajstić information content (AvgIpc) is 3.15. The second kappa shape index (κ2) is 5.81. The van der Waals surface area contributed by atoms with Gasteiger partial charge in [0.15, 0.2) is 0 Å². The first-order valence-electron chi connectivity index (χ1n) is 8.01. The van der Waals surface area contributed by atoms with Crippen molar-refractivity contribution >= 4 is 22.9 Å². The van der Waals surface area contributed by atoms with Crippen LogP contribution in [0, 0.1) is 5.92 Å². The number of aromatic nitrogens is 2. The smallest absolute Gasteiger partial charge is 0.252 e. The third kappa shape index (κ3) is 2.77. The fraction of sp³-hybridized carbons (Fsp3) is 0.333. The highest BCUT2D eigenvalue weighted by Gasteiger charge is 2.23. The van der Waals surface area contributed by atoms with E-state index in [9.17, 15) is 4.79 Å². The number of hydrogen-bond donors (Lipinski definition) is 1. The lowest BCUT2D eigenvalue weighted by Crippen LogP contribution is -2.24. The van der Waals surface area contributed by atoms with E-state index in [0.29, 0.717) is 6.54 Å². The first-order chi connectivity index (χ1) is 11.2. The van der Waals surface area contributed by atoms with Gasteiger partial charge in [0.25, 0.3) is 5.91 Å². The molecule has 23 heavy (non-hydrogen) atoms. The molecule has 3 aromatic heterocycles. The molecule has 0 bridgehead atoms. The largest absolute Gasteiger partial charge is 0.346 e. The summed E-state index contributed by atoms with van der Waals surface area (Å²) < 4.78 is 1.97. The quantitative estimate of drug-likeness (QED) is 0.802. The van der Waals surface area contributed by atoms with Crippen molar-refractivity contribution in [2.45, 2.75) is 32.7 Å². The SMILES string of the molecule is C[C@H]1CCc2c(C(=O)NCc3cn4ccccc4n3)csc2C1. The molecule has 1 aliphatic carbocycles. The van der Waals surface area contributed by atoms with E-state index < -0.39 is 0 Å². The Bertz CT molecular complexity index is 831. The van der Waals surface area contributed by atoms with Crippen LogP contribution in [-0.2, 0) is 19.4 Å². The fourth-order valence-electron chi connectivity index (χ4n) is 3.21. The maximum absolute atomic E-state index is 12.5. The van der Waals surface area contributed by atoms with Crippen molar-refractivity contribution in [3.8, 4) is 0 Å². The Morgan fingerprint density at radius 2 is 2.39 bits per heavy atom. The lowest BCUT2D eigenvalue weighted by molar-refractivity contribution is 0.0949. The second-order valence-electron chi connectivity index (χ2n) is 6.28. The van der Waals surface area contributed by atoms with E-state index in [0.717, 1.165) is 35.7 Å². The Morgan fingerprint density at radius 3 is 3.26 bits per heavy atom. The standard InChI is InChI=1S/C18H19N3OS/c1-12-5-6-14-15(11-23-16(14)8-12)18(22)19-9-13-10-21-7-3-2-4-17(21)20-13/h2-4,7,10-12H,5-6,8-9H2,1H3,(H,19,22)/t12-/m0/s1. The molecular formula is C18H19N3OS. The molecule has 1 N–H and O–H groups in total. The Hall–Kier alpha value is -2.14. The number of amides is 1. The Morgan fingerprint density at radius 1 is 1.48 bits per heavy atom. The van der Waals surface area contributed by atoms with Gasteiger partial charge in [-0.1, -0.05) is 13.0 Å². The van der Waals surface area contributed by atoms with Gasteiger partial charge < -0.3 is 9.72 Å². The summed E-state index contributed by atoms with van der Waals surface area (Å²) in [5.41, 5.74) is 3.90. The monoisotopic (exact) mass is 325 g/mol. The Labute approximate surface area is 139 Å². The molecule has 1 atom stereocenters. The topological polar surface area (TPSA) is 46.4 Å². The molecular weight excluding hydrogens is 306 g/mol. The molecule has 0 radical (unpaired) electrons. The molecule has 0 aliphatic heterocycles. The highest BCUT2D eigenvalue weighted by molar-refractivity contribution is 7.10. The summed E-state index contributed by atoms with van der Waals surface area (Å²) in [6.45, 7) is 2.74. The number of imidazole rings is 1. The zero-order chi connectivity index (χ0) is 15.8. The molecule has 0 saturated carbocycles. The Kier molecular flexibility index (Phi) is 3.65. The number of nitrogens with one attached hydrogen (secondary N) is 1. The van der Waals surface area contributed by atoms with Gasteiger partial charge in [0.1, 0.15) is 5.65 Å². The van der Waals surface area contributed by atoms with Gasteiger partial charge in [-0.3, -0.25) is 4.79 Å². The maximum Gasteiger partial charge on any atom is 0.252 e. The van der Waals surface area contributed by atoms with Crippen LogP contribution in [0.4, 0.5) is 0 Å². The molecule has 0 fully saturated rings. The first kappa shape index (κ1) is 14.5. The average molecular weight is 325 g/mol. The number of thiophene rings is 1. The summed E-state index contributed by atoms with van der Waals surface area (Å²) in [5, 5.41) is 5.03. The molecule has 5 heteroatoms. The minimum absolute atomic E-state index is 0.0223. The summed E-state index contributed by atoms with van der Waals surface area (Å²) in [5.74, 6) is 0.754. The molecule has 3 aromatic rings. The van der Waals surface area contributed by atoms with Crippen LogP contribution in [0.15, 0.2) is 36.0 Å². The van der Waals surface area contributed by atoms with Gasteiger partial charge in [-0.25, -0.2) is 4.98 Å². The van der Waals surface area contributed by atoms with Gasteiger partial charge in [0.05, 0.1) is 17.8 Å². The number of nitrogens with zero attached hydrogens (tertiary/aromatic N) is 2. The molecule has 4 nitrogen and oxygen atoms in total. The normalized spacial score (nSPS) is 17.2. The number of pyridine rings is 1. The summed E-state index contributed by atoms with van der Waals surface area (Å²) in [6, 6.07) is 5.89. The van der Waals surface area contributed by atoms with Gasteiger partial charge in [-0.15, -0.1) is 11.3 Å². The maximum atomic E-state index is 12.5. The minimum atomic E-state index is 0.0223. The molecule has 0 saturated heterocycles. The predicted octanol–water partition coefficient (Wildman–Crippen LogP) is 3.45. The van der Waals surface area contributed by atoms with Crippen LogP contribution in [0.5, 0.6) is 0 Å². The number of hydrogen-bond acceptors (Lipinski definition) is 3. The van der Waals surface area contributed by atoms with Gasteiger partial charge in [-0.2, -0.15) is 0 Å². The van der Waals surface area contributed by atoms with Gasteiger partial charge in [-0.05, 0) is 42.9 Å². The predicted molar refractivity (Wildman–Crippen MR) is 91.9 cm³/mol. The van der Waals surface area contributed by atoms with E-state index in [2.05, 4.69) is 17.2 Å². The molecule has 0 aromatic carbocycles. The summed E-state index contributed by atoms with van der Waals surface area (Å²) in [6.07, 6.45) is 7.23. The molecule has 4 rings (SSSR count). The lowest BCUT2D eigenvalue weighted by atomic mass is 9.88. The van der Waals surface area contributed by atoms with E-state index in [4.69, 9.17) is 0 Å². The van der Waals surface area contributed by atoms with E-state index in [-0.39, 0.29) is 5.91 Å². The second-order valence-corrected chi connectivity index (χ2v) is 7.24. The van der Waals surface area contributed by atoms with Crippen molar-refractivity contribution in [3.63, 3.8) is 0 Å². The third-order valence-electron chi connectivity index (χ3n) is 4.49. The van der Waals surface area contributed by atoms with Crippen molar-refractivity contribution < 1.29 is 4.79 Å². The highest BCUT2D eigenvalue weighted by atomic mass is 32.1. The number of fused-ring (bicyclic) bond motifs is 2. The molecule has 0 spiro atoms. The molecule has 1 amide bonds. The minimum Gasteiger partial charge on any atom is -0.346 e. The van der Waals surface area contributed by atoms with Crippen molar-refractivity contribution in [2.75, 3.05) is 0 Å². The zero-order valence-corrected chi connectivity index (χ0v) is 13.9. The number of carbonyl (C=O) groups is 1. The van der Waals surface area contributed by atoms with Crippen molar-refractivity contribution in [3.05, 3.63) is 57.7 Å². The van der Waals surface area contributed by atoms with E-state index in [1.54, 1.807) is 11.3 Å². The van der Waals surface area contributed by atoms with Crippen LogP contribution in [0.2, 0.25) is 0 Å². The molecule has 118 valence electrons.